The molecule has 3 nitrogen and oxygen atoms in total. The quantitative estimate of drug-likeness (QED) is 0.563. The van der Waals surface area contributed by atoms with E-state index in [1.54, 1.807) is 7.11 Å². The molecule has 0 aliphatic rings. The number of aryl methyl sites for hydroxylation is 1. The smallest absolute Gasteiger partial charge is 0.138 e. The van der Waals surface area contributed by atoms with Crippen molar-refractivity contribution < 1.29 is 4.74 Å². The SMILES string of the molecule is COc1ccc(-c2ccc(-c3nc4ccc(C)cc4[nH]3)cc2)cc1. The number of aromatic amines is 1. The van der Waals surface area contributed by atoms with Gasteiger partial charge in [-0.2, -0.15) is 0 Å². The Balaban J connectivity index is 1.66. The van der Waals surface area contributed by atoms with E-state index < -0.39 is 0 Å². The van der Waals surface area contributed by atoms with Crippen LogP contribution in [-0.2, 0) is 0 Å². The minimum atomic E-state index is 0.868. The number of hydrogen-bond acceptors (Lipinski definition) is 2. The predicted molar refractivity (Wildman–Crippen MR) is 98.3 cm³/mol. The Bertz CT molecular complexity index is 983. The van der Waals surface area contributed by atoms with Crippen molar-refractivity contribution in [2.75, 3.05) is 7.11 Å². The van der Waals surface area contributed by atoms with Crippen LogP contribution in [-0.4, -0.2) is 17.1 Å². The highest BCUT2D eigenvalue weighted by Crippen LogP contribution is 2.26. The molecule has 0 amide bonds. The molecule has 4 rings (SSSR count). The maximum absolute atomic E-state index is 5.21. The number of ether oxygens (including phenoxy) is 1. The van der Waals surface area contributed by atoms with E-state index in [2.05, 4.69) is 71.5 Å². The Morgan fingerprint density at radius 1 is 0.792 bits per heavy atom. The van der Waals surface area contributed by atoms with E-state index in [4.69, 9.17) is 4.74 Å². The molecule has 0 saturated heterocycles. The van der Waals surface area contributed by atoms with Gasteiger partial charge in [-0.25, -0.2) is 4.98 Å². The minimum absolute atomic E-state index is 0.868. The first-order valence-corrected chi connectivity index (χ1v) is 7.94. The predicted octanol–water partition coefficient (Wildman–Crippen LogP) is 5.21. The van der Waals surface area contributed by atoms with E-state index in [0.717, 1.165) is 28.2 Å². The molecule has 1 heterocycles. The van der Waals surface area contributed by atoms with Crippen LogP contribution in [0.15, 0.2) is 66.7 Å². The number of aromatic nitrogens is 2. The number of nitrogens with zero attached hydrogens (tertiary/aromatic N) is 1. The summed E-state index contributed by atoms with van der Waals surface area (Å²) in [6.07, 6.45) is 0. The Morgan fingerprint density at radius 2 is 1.42 bits per heavy atom. The summed E-state index contributed by atoms with van der Waals surface area (Å²) in [5.74, 6) is 1.77. The molecule has 0 bridgehead atoms. The lowest BCUT2D eigenvalue weighted by atomic mass is 10.0. The molecule has 24 heavy (non-hydrogen) atoms. The highest BCUT2D eigenvalue weighted by atomic mass is 16.5. The molecule has 3 heteroatoms. The fourth-order valence-electron chi connectivity index (χ4n) is 2.86. The molecular weight excluding hydrogens is 296 g/mol. The summed E-state index contributed by atoms with van der Waals surface area (Å²) in [7, 11) is 1.68. The van der Waals surface area contributed by atoms with E-state index >= 15 is 0 Å². The van der Waals surface area contributed by atoms with Crippen molar-refractivity contribution in [3.05, 3.63) is 72.3 Å². The van der Waals surface area contributed by atoms with Gasteiger partial charge in [0, 0.05) is 5.56 Å². The van der Waals surface area contributed by atoms with Gasteiger partial charge in [0.25, 0.3) is 0 Å². The van der Waals surface area contributed by atoms with Crippen molar-refractivity contribution in [2.45, 2.75) is 6.92 Å². The molecule has 0 atom stereocenters. The zero-order valence-corrected chi connectivity index (χ0v) is 13.7. The first-order chi connectivity index (χ1) is 11.7. The number of fused-ring (bicyclic) bond motifs is 1. The van der Waals surface area contributed by atoms with Gasteiger partial charge in [0.05, 0.1) is 18.1 Å². The van der Waals surface area contributed by atoms with Crippen LogP contribution in [0.5, 0.6) is 5.75 Å². The molecule has 0 aliphatic heterocycles. The molecule has 0 unspecified atom stereocenters. The minimum Gasteiger partial charge on any atom is -0.497 e. The summed E-state index contributed by atoms with van der Waals surface area (Å²) < 4.78 is 5.21. The summed E-state index contributed by atoms with van der Waals surface area (Å²) in [6.45, 7) is 2.09. The average molecular weight is 314 g/mol. The first kappa shape index (κ1) is 14.5. The molecule has 1 N–H and O–H groups in total. The van der Waals surface area contributed by atoms with Crippen LogP contribution in [0.25, 0.3) is 33.5 Å². The lowest BCUT2D eigenvalue weighted by Crippen LogP contribution is -1.84. The third-order valence-electron chi connectivity index (χ3n) is 4.22. The van der Waals surface area contributed by atoms with Crippen LogP contribution in [0.1, 0.15) is 5.56 Å². The van der Waals surface area contributed by atoms with Crippen molar-refractivity contribution in [2.24, 2.45) is 0 Å². The number of nitrogens with one attached hydrogen (secondary N) is 1. The Hall–Kier alpha value is -3.07. The molecule has 0 saturated carbocycles. The topological polar surface area (TPSA) is 37.9 Å². The van der Waals surface area contributed by atoms with Crippen LogP contribution in [0.3, 0.4) is 0 Å². The van der Waals surface area contributed by atoms with Gasteiger partial charge < -0.3 is 9.72 Å². The zero-order chi connectivity index (χ0) is 16.5. The second-order valence-corrected chi connectivity index (χ2v) is 5.91. The van der Waals surface area contributed by atoms with Gasteiger partial charge in [0.1, 0.15) is 11.6 Å². The van der Waals surface area contributed by atoms with Gasteiger partial charge >= 0.3 is 0 Å². The van der Waals surface area contributed by atoms with Crippen LogP contribution in [0, 0.1) is 6.92 Å². The summed E-state index contributed by atoms with van der Waals surface area (Å²) in [5.41, 5.74) is 6.73. The average Bonchev–Trinajstić information content (AvgIpc) is 3.05. The molecule has 3 aromatic carbocycles. The van der Waals surface area contributed by atoms with Gasteiger partial charge in [0.15, 0.2) is 0 Å². The van der Waals surface area contributed by atoms with Gasteiger partial charge in [-0.05, 0) is 47.9 Å². The molecule has 1 aromatic heterocycles. The number of hydrogen-bond donors (Lipinski definition) is 1. The van der Waals surface area contributed by atoms with Gasteiger partial charge in [0.2, 0.25) is 0 Å². The highest BCUT2D eigenvalue weighted by Gasteiger charge is 2.06. The van der Waals surface area contributed by atoms with Crippen molar-refractivity contribution in [3.63, 3.8) is 0 Å². The Kier molecular flexibility index (Phi) is 3.54. The van der Waals surface area contributed by atoms with E-state index in [0.29, 0.717) is 0 Å². The maximum Gasteiger partial charge on any atom is 0.138 e. The summed E-state index contributed by atoms with van der Waals surface area (Å²) in [6, 6.07) is 22.8. The van der Waals surface area contributed by atoms with E-state index in [1.165, 1.54) is 16.7 Å². The molecule has 0 fully saturated rings. The Labute approximate surface area is 140 Å². The number of benzene rings is 3. The standard InChI is InChI=1S/C21H18N2O/c1-14-3-12-19-20(13-14)23-21(22-19)17-6-4-15(5-7-17)16-8-10-18(24-2)11-9-16/h3-13H,1-2H3,(H,22,23). The van der Waals surface area contributed by atoms with Crippen molar-refractivity contribution in [1.82, 2.24) is 9.97 Å². The van der Waals surface area contributed by atoms with Crippen molar-refractivity contribution in [1.29, 1.82) is 0 Å². The molecule has 0 aliphatic carbocycles. The summed E-state index contributed by atoms with van der Waals surface area (Å²) in [5, 5.41) is 0. The number of rotatable bonds is 3. The molecule has 118 valence electrons. The molecule has 0 spiro atoms. The second kappa shape index (κ2) is 5.85. The second-order valence-electron chi connectivity index (χ2n) is 5.91. The van der Waals surface area contributed by atoms with Crippen LogP contribution in [0.2, 0.25) is 0 Å². The van der Waals surface area contributed by atoms with Crippen LogP contribution < -0.4 is 4.74 Å². The fourth-order valence-corrected chi connectivity index (χ4v) is 2.86. The third-order valence-corrected chi connectivity index (χ3v) is 4.22. The van der Waals surface area contributed by atoms with Crippen LogP contribution in [0.4, 0.5) is 0 Å². The van der Waals surface area contributed by atoms with Gasteiger partial charge in [-0.15, -0.1) is 0 Å². The van der Waals surface area contributed by atoms with Gasteiger partial charge in [-0.3, -0.25) is 0 Å². The Morgan fingerprint density at radius 3 is 2.08 bits per heavy atom. The maximum atomic E-state index is 5.21. The number of imidazole rings is 1. The third kappa shape index (κ3) is 2.65. The van der Waals surface area contributed by atoms with E-state index in [1.807, 2.05) is 12.1 Å². The largest absolute Gasteiger partial charge is 0.497 e. The summed E-state index contributed by atoms with van der Waals surface area (Å²) in [4.78, 5) is 8.08. The lowest BCUT2D eigenvalue weighted by molar-refractivity contribution is 0.415. The molecular formula is C21H18N2O. The molecule has 0 radical (unpaired) electrons. The zero-order valence-electron chi connectivity index (χ0n) is 13.7. The normalized spacial score (nSPS) is 10.9. The number of H-pyrrole nitrogens is 1. The molecule has 4 aromatic rings. The monoisotopic (exact) mass is 314 g/mol. The fraction of sp³-hybridized carbons (Fsp3) is 0.0952. The summed E-state index contributed by atoms with van der Waals surface area (Å²) >= 11 is 0. The van der Waals surface area contributed by atoms with Crippen molar-refractivity contribution >= 4 is 11.0 Å². The van der Waals surface area contributed by atoms with E-state index in [-0.39, 0.29) is 0 Å². The number of methoxy groups -OCH3 is 1. The lowest BCUT2D eigenvalue weighted by Gasteiger charge is -2.05. The van der Waals surface area contributed by atoms with Crippen LogP contribution >= 0.6 is 0 Å². The first-order valence-electron chi connectivity index (χ1n) is 7.94. The van der Waals surface area contributed by atoms with Gasteiger partial charge in [-0.1, -0.05) is 42.5 Å². The highest BCUT2D eigenvalue weighted by molar-refractivity contribution is 5.80. The van der Waals surface area contributed by atoms with Crippen molar-refractivity contribution in [3.8, 4) is 28.3 Å². The van der Waals surface area contributed by atoms with E-state index in [9.17, 15) is 0 Å².